The summed E-state index contributed by atoms with van der Waals surface area (Å²) in [5.74, 6) is 0.751. The van der Waals surface area contributed by atoms with Crippen molar-refractivity contribution >= 4 is 34.9 Å². The molecule has 0 aliphatic rings. The lowest BCUT2D eigenvalue weighted by atomic mass is 10.0. The van der Waals surface area contributed by atoms with E-state index >= 15 is 0 Å². The fourth-order valence-electron chi connectivity index (χ4n) is 1.72. The standard InChI is InChI=1S/C16H11Cl2NO/c1-20-14-5-3-12(4-6-14)13(10-19)8-11-2-7-15(17)16(18)9-11/h2-9H,1H3. The Kier molecular flexibility index (Phi) is 4.68. The van der Waals surface area contributed by atoms with Crippen LogP contribution in [0.5, 0.6) is 5.75 Å². The summed E-state index contributed by atoms with van der Waals surface area (Å²) in [6, 6.07) is 14.7. The Morgan fingerprint density at radius 3 is 2.35 bits per heavy atom. The van der Waals surface area contributed by atoms with E-state index in [4.69, 9.17) is 27.9 Å². The molecule has 4 heteroatoms. The molecule has 0 saturated carbocycles. The second kappa shape index (κ2) is 6.47. The normalized spacial score (nSPS) is 11.0. The molecule has 0 spiro atoms. The summed E-state index contributed by atoms with van der Waals surface area (Å²) in [6.07, 6.45) is 1.77. The van der Waals surface area contributed by atoms with Gasteiger partial charge in [0.1, 0.15) is 5.75 Å². The van der Waals surface area contributed by atoms with Crippen molar-refractivity contribution in [1.29, 1.82) is 5.26 Å². The maximum absolute atomic E-state index is 9.28. The van der Waals surface area contributed by atoms with E-state index in [1.807, 2.05) is 30.3 Å². The van der Waals surface area contributed by atoms with Gasteiger partial charge < -0.3 is 4.74 Å². The first-order valence-electron chi connectivity index (χ1n) is 5.85. The number of methoxy groups -OCH3 is 1. The maximum atomic E-state index is 9.28. The van der Waals surface area contributed by atoms with Crippen LogP contribution in [0, 0.1) is 11.3 Å². The first kappa shape index (κ1) is 14.5. The molecule has 0 amide bonds. The quantitative estimate of drug-likeness (QED) is 0.586. The molecule has 0 aliphatic heterocycles. The first-order valence-corrected chi connectivity index (χ1v) is 6.61. The molecule has 0 atom stereocenters. The molecule has 0 N–H and O–H groups in total. The smallest absolute Gasteiger partial charge is 0.118 e. The number of ether oxygens (including phenoxy) is 1. The molecule has 2 aromatic carbocycles. The van der Waals surface area contributed by atoms with Crippen molar-refractivity contribution in [2.24, 2.45) is 0 Å². The lowest BCUT2D eigenvalue weighted by Crippen LogP contribution is -1.85. The molecule has 0 fully saturated rings. The molecule has 0 aliphatic carbocycles. The van der Waals surface area contributed by atoms with Crippen LogP contribution in [-0.2, 0) is 0 Å². The number of nitriles is 1. The minimum absolute atomic E-state index is 0.465. The van der Waals surface area contributed by atoms with Gasteiger partial charge in [-0.1, -0.05) is 29.3 Å². The number of halogens is 2. The van der Waals surface area contributed by atoms with Gasteiger partial charge in [-0.25, -0.2) is 0 Å². The number of allylic oxidation sites excluding steroid dienone is 1. The average Bonchev–Trinajstić information content (AvgIpc) is 2.48. The lowest BCUT2D eigenvalue weighted by molar-refractivity contribution is 0.415. The van der Waals surface area contributed by atoms with Crippen molar-refractivity contribution in [2.45, 2.75) is 0 Å². The van der Waals surface area contributed by atoms with Crippen molar-refractivity contribution in [2.75, 3.05) is 7.11 Å². The predicted molar refractivity (Wildman–Crippen MR) is 82.9 cm³/mol. The topological polar surface area (TPSA) is 33.0 Å². The van der Waals surface area contributed by atoms with Gasteiger partial charge in [0, 0.05) is 0 Å². The van der Waals surface area contributed by atoms with E-state index in [1.54, 1.807) is 25.3 Å². The van der Waals surface area contributed by atoms with Gasteiger partial charge >= 0.3 is 0 Å². The molecule has 0 aromatic heterocycles. The van der Waals surface area contributed by atoms with E-state index in [-0.39, 0.29) is 0 Å². The number of rotatable bonds is 3. The van der Waals surface area contributed by atoms with Crippen LogP contribution in [0.3, 0.4) is 0 Å². The van der Waals surface area contributed by atoms with E-state index in [0.717, 1.165) is 16.9 Å². The summed E-state index contributed by atoms with van der Waals surface area (Å²) in [5, 5.41) is 10.2. The number of hydrogen-bond acceptors (Lipinski definition) is 2. The first-order chi connectivity index (χ1) is 9.63. The monoisotopic (exact) mass is 303 g/mol. The van der Waals surface area contributed by atoms with Crippen molar-refractivity contribution in [3.63, 3.8) is 0 Å². The molecule has 2 rings (SSSR count). The summed E-state index contributed by atoms with van der Waals surface area (Å²) >= 11 is 11.8. The number of benzene rings is 2. The van der Waals surface area contributed by atoms with Gasteiger partial charge in [0.25, 0.3) is 0 Å². The summed E-state index contributed by atoms with van der Waals surface area (Å²) < 4.78 is 5.10. The van der Waals surface area contributed by atoms with Crippen molar-refractivity contribution in [1.82, 2.24) is 0 Å². The highest BCUT2D eigenvalue weighted by Gasteiger charge is 2.03. The highest BCUT2D eigenvalue weighted by atomic mass is 35.5. The molecule has 100 valence electrons. The highest BCUT2D eigenvalue weighted by Crippen LogP contribution is 2.26. The Hall–Kier alpha value is -1.95. The van der Waals surface area contributed by atoms with Crippen molar-refractivity contribution in [3.05, 3.63) is 63.6 Å². The summed E-state index contributed by atoms with van der Waals surface area (Å²) in [6.45, 7) is 0. The third-order valence-electron chi connectivity index (χ3n) is 2.78. The van der Waals surface area contributed by atoms with Gasteiger partial charge in [0.05, 0.1) is 28.8 Å². The SMILES string of the molecule is COc1ccc(C(C#N)=Cc2ccc(Cl)c(Cl)c2)cc1. The largest absolute Gasteiger partial charge is 0.497 e. The van der Waals surface area contributed by atoms with Crippen molar-refractivity contribution < 1.29 is 4.74 Å². The average molecular weight is 304 g/mol. The summed E-state index contributed by atoms with van der Waals surface area (Å²) in [5.41, 5.74) is 2.19. The Morgan fingerprint density at radius 2 is 1.80 bits per heavy atom. The number of nitrogens with zero attached hydrogens (tertiary/aromatic N) is 1. The van der Waals surface area contributed by atoms with E-state index in [1.165, 1.54) is 0 Å². The van der Waals surface area contributed by atoms with Crippen LogP contribution >= 0.6 is 23.2 Å². The van der Waals surface area contributed by atoms with Crippen LogP contribution in [0.1, 0.15) is 11.1 Å². The Bertz CT molecular complexity index is 685. The molecular formula is C16H11Cl2NO. The molecule has 20 heavy (non-hydrogen) atoms. The van der Waals surface area contributed by atoms with E-state index in [9.17, 15) is 5.26 Å². The van der Waals surface area contributed by atoms with E-state index < -0.39 is 0 Å². The zero-order chi connectivity index (χ0) is 14.5. The van der Waals surface area contributed by atoms with Crippen LogP contribution in [0.15, 0.2) is 42.5 Å². The Labute approximate surface area is 127 Å². The Morgan fingerprint density at radius 1 is 1.10 bits per heavy atom. The van der Waals surface area contributed by atoms with Gasteiger partial charge in [-0.15, -0.1) is 0 Å². The summed E-state index contributed by atoms with van der Waals surface area (Å²) in [4.78, 5) is 0. The van der Waals surface area contributed by atoms with Crippen LogP contribution in [0.25, 0.3) is 11.6 Å². The van der Waals surface area contributed by atoms with Crippen LogP contribution < -0.4 is 4.74 Å². The second-order valence-electron chi connectivity index (χ2n) is 4.07. The second-order valence-corrected chi connectivity index (χ2v) is 4.89. The molecular weight excluding hydrogens is 293 g/mol. The highest BCUT2D eigenvalue weighted by molar-refractivity contribution is 6.42. The predicted octanol–water partition coefficient (Wildman–Crippen LogP) is 5.07. The molecule has 2 nitrogen and oxygen atoms in total. The van der Waals surface area contributed by atoms with Gasteiger partial charge in [-0.3, -0.25) is 0 Å². The van der Waals surface area contributed by atoms with Gasteiger partial charge in [-0.05, 0) is 53.6 Å². The van der Waals surface area contributed by atoms with Crippen LogP contribution in [0.2, 0.25) is 10.0 Å². The fraction of sp³-hybridized carbons (Fsp3) is 0.0625. The number of hydrogen-bond donors (Lipinski definition) is 0. The van der Waals surface area contributed by atoms with E-state index in [2.05, 4.69) is 6.07 Å². The molecule has 0 radical (unpaired) electrons. The summed E-state index contributed by atoms with van der Waals surface area (Å²) in [7, 11) is 1.60. The van der Waals surface area contributed by atoms with E-state index in [0.29, 0.717) is 15.6 Å². The van der Waals surface area contributed by atoms with Gasteiger partial charge in [-0.2, -0.15) is 5.26 Å². The third-order valence-corrected chi connectivity index (χ3v) is 3.52. The molecule has 0 heterocycles. The molecule has 2 aromatic rings. The molecule has 0 unspecified atom stereocenters. The maximum Gasteiger partial charge on any atom is 0.118 e. The minimum atomic E-state index is 0.465. The van der Waals surface area contributed by atoms with Crippen molar-refractivity contribution in [3.8, 4) is 11.8 Å². The van der Waals surface area contributed by atoms with Gasteiger partial charge in [0.15, 0.2) is 0 Å². The minimum Gasteiger partial charge on any atom is -0.497 e. The van der Waals surface area contributed by atoms with Crippen LogP contribution in [0.4, 0.5) is 0 Å². The fourth-order valence-corrected chi connectivity index (χ4v) is 2.03. The zero-order valence-corrected chi connectivity index (χ0v) is 12.2. The Balaban J connectivity index is 2.37. The molecule has 0 saturated heterocycles. The molecule has 0 bridgehead atoms. The van der Waals surface area contributed by atoms with Gasteiger partial charge in [0.2, 0.25) is 0 Å². The third kappa shape index (κ3) is 3.33. The lowest BCUT2D eigenvalue weighted by Gasteiger charge is -2.03. The zero-order valence-electron chi connectivity index (χ0n) is 10.7. The van der Waals surface area contributed by atoms with Crippen LogP contribution in [-0.4, -0.2) is 7.11 Å².